The highest BCUT2D eigenvalue weighted by atomic mass is 14.3. The summed E-state index contributed by atoms with van der Waals surface area (Å²) in [6, 6.07) is 11.0. The van der Waals surface area contributed by atoms with Gasteiger partial charge in [0.05, 0.1) is 0 Å². The van der Waals surface area contributed by atoms with E-state index in [4.69, 9.17) is 0 Å². The van der Waals surface area contributed by atoms with Crippen LogP contribution in [-0.4, -0.2) is 0 Å². The summed E-state index contributed by atoms with van der Waals surface area (Å²) in [6.07, 6.45) is 7.10. The van der Waals surface area contributed by atoms with Gasteiger partial charge in [-0.2, -0.15) is 0 Å². The van der Waals surface area contributed by atoms with Crippen molar-refractivity contribution >= 4 is 0 Å². The molecular formula is C16H24. The lowest BCUT2D eigenvalue weighted by Gasteiger charge is -2.31. The summed E-state index contributed by atoms with van der Waals surface area (Å²) in [7, 11) is 0. The normalized spacial score (nSPS) is 25.9. The fraction of sp³-hybridized carbons (Fsp3) is 0.625. The maximum atomic E-state index is 2.38. The lowest BCUT2D eigenvalue weighted by atomic mass is 9.74. The maximum absolute atomic E-state index is 2.38. The van der Waals surface area contributed by atoms with E-state index in [2.05, 4.69) is 44.2 Å². The van der Waals surface area contributed by atoms with Gasteiger partial charge in [0.25, 0.3) is 0 Å². The van der Waals surface area contributed by atoms with Gasteiger partial charge in [0.2, 0.25) is 0 Å². The van der Waals surface area contributed by atoms with Gasteiger partial charge in [-0.05, 0) is 36.2 Å². The molecule has 16 heavy (non-hydrogen) atoms. The molecule has 1 aromatic rings. The van der Waals surface area contributed by atoms with Crippen LogP contribution in [-0.2, 0) is 6.42 Å². The first-order chi connectivity index (χ1) is 7.75. The number of hydrogen-bond acceptors (Lipinski definition) is 0. The molecule has 0 heterocycles. The van der Waals surface area contributed by atoms with Crippen molar-refractivity contribution in [3.63, 3.8) is 0 Å². The molecule has 1 fully saturated rings. The highest BCUT2D eigenvalue weighted by Crippen LogP contribution is 2.35. The molecule has 1 saturated carbocycles. The molecule has 0 amide bonds. The summed E-state index contributed by atoms with van der Waals surface area (Å²) in [5.74, 6) is 2.78. The van der Waals surface area contributed by atoms with Gasteiger partial charge >= 0.3 is 0 Å². The first-order valence-corrected chi connectivity index (χ1v) is 6.79. The second-order valence-electron chi connectivity index (χ2n) is 5.73. The molecule has 88 valence electrons. The van der Waals surface area contributed by atoms with Crippen molar-refractivity contribution in [1.29, 1.82) is 0 Å². The molecule has 0 saturated heterocycles. The monoisotopic (exact) mass is 216 g/mol. The van der Waals surface area contributed by atoms with Crippen molar-refractivity contribution in [1.82, 2.24) is 0 Å². The van der Waals surface area contributed by atoms with Crippen molar-refractivity contribution in [3.8, 4) is 0 Å². The van der Waals surface area contributed by atoms with Crippen LogP contribution in [0.25, 0.3) is 0 Å². The second-order valence-corrected chi connectivity index (χ2v) is 5.73. The average molecular weight is 216 g/mol. The van der Waals surface area contributed by atoms with Crippen LogP contribution in [0.4, 0.5) is 0 Å². The molecule has 0 heteroatoms. The Labute approximate surface area is 100 Å². The van der Waals surface area contributed by atoms with Crippen molar-refractivity contribution in [2.24, 2.45) is 17.8 Å². The zero-order valence-electron chi connectivity index (χ0n) is 10.7. The molecule has 0 spiro atoms. The molecule has 1 aliphatic carbocycles. The van der Waals surface area contributed by atoms with Gasteiger partial charge in [0.15, 0.2) is 0 Å². The van der Waals surface area contributed by atoms with Crippen LogP contribution in [0.5, 0.6) is 0 Å². The Hall–Kier alpha value is -0.780. The largest absolute Gasteiger partial charge is 0.0625 e. The molecule has 1 aliphatic rings. The van der Waals surface area contributed by atoms with E-state index in [0.29, 0.717) is 0 Å². The minimum absolute atomic E-state index is 0.874. The second kappa shape index (κ2) is 5.52. The van der Waals surface area contributed by atoms with Crippen molar-refractivity contribution < 1.29 is 0 Å². The predicted molar refractivity (Wildman–Crippen MR) is 70.4 cm³/mol. The smallest absolute Gasteiger partial charge is 0.0250 e. The lowest BCUT2D eigenvalue weighted by molar-refractivity contribution is 0.214. The minimum atomic E-state index is 0.874. The van der Waals surface area contributed by atoms with Crippen LogP contribution >= 0.6 is 0 Å². The fourth-order valence-electron chi connectivity index (χ4n) is 3.07. The Morgan fingerprint density at radius 2 is 1.88 bits per heavy atom. The van der Waals surface area contributed by atoms with Crippen molar-refractivity contribution in [3.05, 3.63) is 35.9 Å². The van der Waals surface area contributed by atoms with Gasteiger partial charge in [-0.3, -0.25) is 0 Å². The third-order valence-corrected chi connectivity index (χ3v) is 4.13. The van der Waals surface area contributed by atoms with Gasteiger partial charge in [-0.25, -0.2) is 0 Å². The lowest BCUT2D eigenvalue weighted by Crippen LogP contribution is -2.21. The number of hydrogen-bond donors (Lipinski definition) is 0. The van der Waals surface area contributed by atoms with E-state index < -0.39 is 0 Å². The fourth-order valence-corrected chi connectivity index (χ4v) is 3.07. The number of benzene rings is 1. The first kappa shape index (κ1) is 11.7. The predicted octanol–water partition coefficient (Wildman–Crippen LogP) is 4.69. The van der Waals surface area contributed by atoms with Crippen LogP contribution in [0, 0.1) is 17.8 Å². The molecule has 0 aromatic heterocycles. The van der Waals surface area contributed by atoms with E-state index in [1.165, 1.54) is 37.7 Å². The molecular weight excluding hydrogens is 192 g/mol. The van der Waals surface area contributed by atoms with Crippen molar-refractivity contribution in [2.75, 3.05) is 0 Å². The molecule has 0 N–H and O–H groups in total. The van der Waals surface area contributed by atoms with Crippen LogP contribution in [0.15, 0.2) is 30.3 Å². The molecule has 0 nitrogen and oxygen atoms in total. The SMILES string of the molecule is CC(C)[C@@H]1CCC[C@@H](Cc2ccccc2)C1. The zero-order chi connectivity index (χ0) is 11.4. The molecule has 0 unspecified atom stereocenters. The molecule has 1 aromatic carbocycles. The van der Waals surface area contributed by atoms with Gasteiger partial charge in [-0.15, -0.1) is 0 Å². The minimum Gasteiger partial charge on any atom is -0.0625 e. The van der Waals surface area contributed by atoms with Crippen LogP contribution in [0.3, 0.4) is 0 Å². The Balaban J connectivity index is 1.90. The van der Waals surface area contributed by atoms with E-state index in [0.717, 1.165) is 17.8 Å². The van der Waals surface area contributed by atoms with Gasteiger partial charge in [0, 0.05) is 0 Å². The topological polar surface area (TPSA) is 0 Å². The molecule has 0 bridgehead atoms. The highest BCUT2D eigenvalue weighted by Gasteiger charge is 2.23. The Morgan fingerprint density at radius 1 is 1.12 bits per heavy atom. The van der Waals surface area contributed by atoms with Crippen LogP contribution < -0.4 is 0 Å². The Morgan fingerprint density at radius 3 is 2.56 bits per heavy atom. The van der Waals surface area contributed by atoms with Crippen LogP contribution in [0.1, 0.15) is 45.1 Å². The average Bonchev–Trinajstić information content (AvgIpc) is 2.30. The van der Waals surface area contributed by atoms with E-state index in [9.17, 15) is 0 Å². The summed E-state index contributed by atoms with van der Waals surface area (Å²) in [5.41, 5.74) is 1.52. The van der Waals surface area contributed by atoms with Gasteiger partial charge in [-0.1, -0.05) is 63.4 Å². The summed E-state index contributed by atoms with van der Waals surface area (Å²) < 4.78 is 0. The number of rotatable bonds is 3. The van der Waals surface area contributed by atoms with E-state index in [1.54, 1.807) is 0 Å². The van der Waals surface area contributed by atoms with E-state index in [1.807, 2.05) is 0 Å². The summed E-state index contributed by atoms with van der Waals surface area (Å²) in [5, 5.41) is 0. The molecule has 2 atom stereocenters. The standard InChI is InChI=1S/C16H24/c1-13(2)16-10-6-9-15(12-16)11-14-7-4-3-5-8-14/h3-5,7-8,13,15-16H,6,9-12H2,1-2H3/t15-,16+/m0/s1. The van der Waals surface area contributed by atoms with E-state index >= 15 is 0 Å². The quantitative estimate of drug-likeness (QED) is 0.687. The summed E-state index contributed by atoms with van der Waals surface area (Å²) in [4.78, 5) is 0. The highest BCUT2D eigenvalue weighted by molar-refractivity contribution is 5.15. The molecule has 0 aliphatic heterocycles. The maximum Gasteiger partial charge on any atom is -0.0250 e. The zero-order valence-corrected chi connectivity index (χ0v) is 10.7. The van der Waals surface area contributed by atoms with E-state index in [-0.39, 0.29) is 0 Å². The Kier molecular flexibility index (Phi) is 4.04. The summed E-state index contributed by atoms with van der Waals surface area (Å²) >= 11 is 0. The van der Waals surface area contributed by atoms with Crippen LogP contribution in [0.2, 0.25) is 0 Å². The molecule has 0 radical (unpaired) electrons. The third-order valence-electron chi connectivity index (χ3n) is 4.13. The van der Waals surface area contributed by atoms with Gasteiger partial charge in [0.1, 0.15) is 0 Å². The Bertz CT molecular complexity index is 299. The van der Waals surface area contributed by atoms with Crippen molar-refractivity contribution in [2.45, 2.75) is 46.0 Å². The summed E-state index contributed by atoms with van der Waals surface area (Å²) in [6.45, 7) is 4.77. The third kappa shape index (κ3) is 3.10. The van der Waals surface area contributed by atoms with Gasteiger partial charge < -0.3 is 0 Å². The molecule has 2 rings (SSSR count). The first-order valence-electron chi connectivity index (χ1n) is 6.79.